The molecule has 2 N–H and O–H groups in total. The summed E-state index contributed by atoms with van der Waals surface area (Å²) < 4.78 is 5.86. The molecule has 2 heterocycles. The van der Waals surface area contributed by atoms with Gasteiger partial charge in [0.25, 0.3) is 0 Å². The van der Waals surface area contributed by atoms with Crippen molar-refractivity contribution in [2.45, 2.75) is 13.0 Å². The minimum atomic E-state index is -0.0999. The molecule has 5 heteroatoms. The normalized spacial score (nSPS) is 12.3. The highest BCUT2D eigenvalue weighted by atomic mass is 35.5. The molecule has 4 nitrogen and oxygen atoms in total. The zero-order valence-electron chi connectivity index (χ0n) is 11.5. The summed E-state index contributed by atoms with van der Waals surface area (Å²) in [5.41, 5.74) is 7.32. The lowest BCUT2D eigenvalue weighted by molar-refractivity contribution is 0.484. The molecule has 1 atom stereocenters. The van der Waals surface area contributed by atoms with E-state index in [0.29, 0.717) is 16.5 Å². The molecule has 0 spiro atoms. The topological polar surface area (TPSA) is 61.0 Å². The molecule has 0 aliphatic carbocycles. The second-order valence-corrected chi connectivity index (χ2v) is 5.16. The zero-order chi connectivity index (χ0) is 14.8. The molecule has 0 bridgehead atoms. The number of halogens is 1. The van der Waals surface area contributed by atoms with Crippen LogP contribution in [0.25, 0.3) is 10.9 Å². The fourth-order valence-electron chi connectivity index (χ4n) is 2.04. The molecule has 0 fully saturated rings. The predicted octanol–water partition coefficient (Wildman–Crippen LogP) is 4.10. The maximum absolute atomic E-state index is 6.17. The van der Waals surface area contributed by atoms with E-state index in [1.54, 1.807) is 24.5 Å². The molecule has 0 saturated carbocycles. The fourth-order valence-corrected chi connectivity index (χ4v) is 2.26. The Labute approximate surface area is 127 Å². The van der Waals surface area contributed by atoms with Crippen LogP contribution in [0.5, 0.6) is 11.5 Å². The first-order valence-corrected chi connectivity index (χ1v) is 6.95. The van der Waals surface area contributed by atoms with Gasteiger partial charge >= 0.3 is 0 Å². The number of hydrogen-bond acceptors (Lipinski definition) is 4. The lowest BCUT2D eigenvalue weighted by Gasteiger charge is -2.10. The van der Waals surface area contributed by atoms with Crippen LogP contribution in [0.4, 0.5) is 0 Å². The van der Waals surface area contributed by atoms with Gasteiger partial charge in [0.15, 0.2) is 5.75 Å². The van der Waals surface area contributed by atoms with E-state index >= 15 is 0 Å². The molecule has 0 aliphatic heterocycles. The Morgan fingerprint density at radius 2 is 2.00 bits per heavy atom. The van der Waals surface area contributed by atoms with Crippen LogP contribution in [0.1, 0.15) is 18.7 Å². The number of nitrogens with two attached hydrogens (primary N) is 1. The number of benzene rings is 1. The SMILES string of the molecule is C[C@@H](N)c1ccc(Oc2ccc(Cl)c3cccnc23)cn1. The van der Waals surface area contributed by atoms with E-state index in [0.717, 1.165) is 16.6 Å². The van der Waals surface area contributed by atoms with Crippen LogP contribution in [0, 0.1) is 0 Å². The van der Waals surface area contributed by atoms with E-state index in [2.05, 4.69) is 9.97 Å². The minimum Gasteiger partial charge on any atom is -0.453 e. The Bertz CT molecular complexity index is 772. The number of fused-ring (bicyclic) bond motifs is 1. The monoisotopic (exact) mass is 299 g/mol. The van der Waals surface area contributed by atoms with Gasteiger partial charge in [-0.25, -0.2) is 0 Å². The van der Waals surface area contributed by atoms with Gasteiger partial charge in [-0.15, -0.1) is 0 Å². The van der Waals surface area contributed by atoms with Crippen molar-refractivity contribution in [2.75, 3.05) is 0 Å². The second-order valence-electron chi connectivity index (χ2n) is 4.75. The van der Waals surface area contributed by atoms with Crippen LogP contribution in [0.15, 0.2) is 48.8 Å². The third-order valence-electron chi connectivity index (χ3n) is 3.13. The molecule has 0 aliphatic rings. The molecule has 0 unspecified atom stereocenters. The highest BCUT2D eigenvalue weighted by molar-refractivity contribution is 6.35. The summed E-state index contributed by atoms with van der Waals surface area (Å²) in [6.45, 7) is 1.89. The highest BCUT2D eigenvalue weighted by Gasteiger charge is 2.08. The van der Waals surface area contributed by atoms with Crippen molar-refractivity contribution in [3.63, 3.8) is 0 Å². The fraction of sp³-hybridized carbons (Fsp3) is 0.125. The summed E-state index contributed by atoms with van der Waals surface area (Å²) in [4.78, 5) is 8.61. The van der Waals surface area contributed by atoms with Gasteiger partial charge in [0.2, 0.25) is 0 Å². The summed E-state index contributed by atoms with van der Waals surface area (Å²) in [5, 5.41) is 1.51. The minimum absolute atomic E-state index is 0.0999. The van der Waals surface area contributed by atoms with Crippen LogP contribution >= 0.6 is 11.6 Å². The van der Waals surface area contributed by atoms with Crippen LogP contribution in [-0.4, -0.2) is 9.97 Å². The van der Waals surface area contributed by atoms with Crippen molar-refractivity contribution in [1.82, 2.24) is 9.97 Å². The molecule has 3 aromatic rings. The van der Waals surface area contributed by atoms with Gasteiger partial charge in [-0.05, 0) is 43.3 Å². The lowest BCUT2D eigenvalue weighted by Crippen LogP contribution is -2.06. The van der Waals surface area contributed by atoms with Gasteiger partial charge in [-0.2, -0.15) is 0 Å². The van der Waals surface area contributed by atoms with Crippen molar-refractivity contribution in [2.24, 2.45) is 5.73 Å². The Hall–Kier alpha value is -2.17. The van der Waals surface area contributed by atoms with Crippen molar-refractivity contribution in [1.29, 1.82) is 0 Å². The Balaban J connectivity index is 1.96. The molecule has 0 saturated heterocycles. The average Bonchev–Trinajstić information content (AvgIpc) is 2.51. The van der Waals surface area contributed by atoms with E-state index in [1.165, 1.54) is 0 Å². The molecule has 0 radical (unpaired) electrons. The Kier molecular flexibility index (Phi) is 3.73. The summed E-state index contributed by atoms with van der Waals surface area (Å²) in [5.74, 6) is 1.28. The van der Waals surface area contributed by atoms with Gasteiger partial charge in [0.05, 0.1) is 16.9 Å². The number of rotatable bonds is 3. The third kappa shape index (κ3) is 2.82. The number of hydrogen-bond donors (Lipinski definition) is 1. The largest absolute Gasteiger partial charge is 0.453 e. The van der Waals surface area contributed by atoms with E-state index < -0.39 is 0 Å². The number of nitrogens with zero attached hydrogens (tertiary/aromatic N) is 2. The van der Waals surface area contributed by atoms with Gasteiger partial charge in [-0.1, -0.05) is 11.6 Å². The molecular weight excluding hydrogens is 286 g/mol. The quantitative estimate of drug-likeness (QED) is 0.791. The van der Waals surface area contributed by atoms with Crippen LogP contribution in [0.2, 0.25) is 5.02 Å². The summed E-state index contributed by atoms with van der Waals surface area (Å²) in [6.07, 6.45) is 3.37. The maximum atomic E-state index is 6.17. The lowest BCUT2D eigenvalue weighted by atomic mass is 10.2. The molecule has 1 aromatic carbocycles. The smallest absolute Gasteiger partial charge is 0.153 e. The van der Waals surface area contributed by atoms with Gasteiger partial charge in [0, 0.05) is 17.6 Å². The van der Waals surface area contributed by atoms with Crippen molar-refractivity contribution in [3.8, 4) is 11.5 Å². The number of pyridine rings is 2. The third-order valence-corrected chi connectivity index (χ3v) is 3.46. The van der Waals surface area contributed by atoms with Gasteiger partial charge in [-0.3, -0.25) is 9.97 Å². The second kappa shape index (κ2) is 5.68. The van der Waals surface area contributed by atoms with Crippen LogP contribution in [-0.2, 0) is 0 Å². The molecule has 21 heavy (non-hydrogen) atoms. The zero-order valence-corrected chi connectivity index (χ0v) is 12.2. The van der Waals surface area contributed by atoms with Gasteiger partial charge in [0.1, 0.15) is 11.3 Å². The number of aromatic nitrogens is 2. The predicted molar refractivity (Wildman–Crippen MR) is 83.7 cm³/mol. The first kappa shape index (κ1) is 13.8. The number of ether oxygens (including phenoxy) is 1. The standard InChI is InChI=1S/C16H14ClN3O/c1-10(18)14-6-4-11(9-20-14)21-15-7-5-13(17)12-3-2-8-19-16(12)15/h2-10H,18H2,1H3/t10-/m1/s1. The maximum Gasteiger partial charge on any atom is 0.153 e. The Morgan fingerprint density at radius 3 is 2.71 bits per heavy atom. The first-order chi connectivity index (χ1) is 10.1. The van der Waals surface area contributed by atoms with E-state index in [9.17, 15) is 0 Å². The van der Waals surface area contributed by atoms with Crippen molar-refractivity contribution >= 4 is 22.5 Å². The van der Waals surface area contributed by atoms with E-state index in [4.69, 9.17) is 22.1 Å². The molecular formula is C16H14ClN3O. The van der Waals surface area contributed by atoms with E-state index in [-0.39, 0.29) is 6.04 Å². The van der Waals surface area contributed by atoms with Gasteiger partial charge < -0.3 is 10.5 Å². The molecule has 3 rings (SSSR count). The summed E-state index contributed by atoms with van der Waals surface area (Å²) >= 11 is 6.17. The van der Waals surface area contributed by atoms with E-state index in [1.807, 2.05) is 31.2 Å². The molecule has 106 valence electrons. The van der Waals surface area contributed by atoms with Crippen LogP contribution < -0.4 is 10.5 Å². The average molecular weight is 300 g/mol. The van der Waals surface area contributed by atoms with Crippen LogP contribution in [0.3, 0.4) is 0 Å². The molecule has 0 amide bonds. The highest BCUT2D eigenvalue weighted by Crippen LogP contribution is 2.32. The summed E-state index contributed by atoms with van der Waals surface area (Å²) in [6, 6.07) is 11.0. The van der Waals surface area contributed by atoms with Crippen molar-refractivity contribution in [3.05, 3.63) is 59.5 Å². The Morgan fingerprint density at radius 1 is 1.14 bits per heavy atom. The first-order valence-electron chi connectivity index (χ1n) is 6.58. The van der Waals surface area contributed by atoms with Crippen molar-refractivity contribution < 1.29 is 4.74 Å². The molecule has 2 aromatic heterocycles. The summed E-state index contributed by atoms with van der Waals surface area (Å²) in [7, 11) is 0.